The quantitative estimate of drug-likeness (QED) is 0.660. The van der Waals surface area contributed by atoms with Crippen LogP contribution in [0.2, 0.25) is 5.02 Å². The summed E-state index contributed by atoms with van der Waals surface area (Å²) < 4.78 is 25.2. The average Bonchev–Trinajstić information content (AvgIpc) is 2.67. The van der Waals surface area contributed by atoms with E-state index in [2.05, 4.69) is 5.32 Å². The van der Waals surface area contributed by atoms with Gasteiger partial charge in [-0.3, -0.25) is 9.10 Å². The molecule has 0 aliphatic carbocycles. The van der Waals surface area contributed by atoms with Crippen LogP contribution >= 0.6 is 11.6 Å². The molecule has 1 amide bonds. The van der Waals surface area contributed by atoms with Crippen molar-refractivity contribution in [3.8, 4) is 11.1 Å². The highest BCUT2D eigenvalue weighted by molar-refractivity contribution is 7.92. The molecule has 28 heavy (non-hydrogen) atoms. The summed E-state index contributed by atoms with van der Waals surface area (Å²) in [5, 5.41) is 3.26. The van der Waals surface area contributed by atoms with Crippen molar-refractivity contribution in [2.75, 3.05) is 22.9 Å². The fraction of sp³-hybridized carbons (Fsp3) is 0.0952. The lowest BCUT2D eigenvalue weighted by Crippen LogP contribution is -2.26. The number of nitrogens with one attached hydrogen (secondary N) is 1. The minimum atomic E-state index is -3.50. The Hall–Kier alpha value is -2.83. The molecule has 0 saturated heterocycles. The summed E-state index contributed by atoms with van der Waals surface area (Å²) in [6, 6.07) is 21.4. The molecule has 0 aliphatic rings. The normalized spacial score (nSPS) is 11.1. The number of hydrogen-bond acceptors (Lipinski definition) is 3. The van der Waals surface area contributed by atoms with Gasteiger partial charge in [0.05, 0.1) is 17.6 Å². The van der Waals surface area contributed by atoms with Crippen LogP contribution in [-0.2, 0) is 10.0 Å². The van der Waals surface area contributed by atoms with Crippen LogP contribution in [0.25, 0.3) is 11.1 Å². The van der Waals surface area contributed by atoms with Crippen molar-refractivity contribution in [2.45, 2.75) is 0 Å². The predicted molar refractivity (Wildman–Crippen MR) is 115 cm³/mol. The lowest BCUT2D eigenvalue weighted by Gasteiger charge is -2.21. The summed E-state index contributed by atoms with van der Waals surface area (Å²) in [7, 11) is -2.06. The van der Waals surface area contributed by atoms with Gasteiger partial charge in [-0.2, -0.15) is 0 Å². The number of rotatable bonds is 5. The smallest absolute Gasteiger partial charge is 0.255 e. The van der Waals surface area contributed by atoms with Crippen molar-refractivity contribution in [1.29, 1.82) is 0 Å². The van der Waals surface area contributed by atoms with Crippen molar-refractivity contribution in [1.82, 2.24) is 0 Å². The van der Waals surface area contributed by atoms with Crippen LogP contribution < -0.4 is 9.62 Å². The van der Waals surface area contributed by atoms with Crippen LogP contribution in [0.4, 0.5) is 11.4 Å². The summed E-state index contributed by atoms with van der Waals surface area (Å²) in [6.45, 7) is 0. The monoisotopic (exact) mass is 414 g/mol. The van der Waals surface area contributed by atoms with Gasteiger partial charge >= 0.3 is 0 Å². The second kappa shape index (κ2) is 8.04. The number of amides is 1. The van der Waals surface area contributed by atoms with Crippen molar-refractivity contribution in [2.24, 2.45) is 0 Å². The minimum absolute atomic E-state index is 0.373. The number of nitrogens with zero attached hydrogens (tertiary/aromatic N) is 1. The molecule has 3 aromatic rings. The summed E-state index contributed by atoms with van der Waals surface area (Å²) in [4.78, 5) is 12.7. The molecule has 3 rings (SSSR count). The number of halogens is 1. The molecular formula is C21H19ClN2O3S. The number of anilines is 2. The standard InChI is InChI=1S/C21H19ClN2O3S/c1-24(28(2,26)27)20-12-11-16(15-7-4-3-5-8-15)14-19(20)23-21(25)17-9-6-10-18(22)13-17/h3-14H,1-2H3,(H,23,25). The van der Waals surface area contributed by atoms with Crippen LogP contribution in [0.5, 0.6) is 0 Å². The predicted octanol–water partition coefficient (Wildman–Crippen LogP) is 4.66. The molecule has 0 spiro atoms. The van der Waals surface area contributed by atoms with E-state index in [0.29, 0.717) is 22.0 Å². The maximum Gasteiger partial charge on any atom is 0.255 e. The van der Waals surface area contributed by atoms with Gasteiger partial charge in [0.15, 0.2) is 0 Å². The fourth-order valence-corrected chi connectivity index (χ4v) is 3.43. The van der Waals surface area contributed by atoms with E-state index in [1.54, 1.807) is 36.4 Å². The first-order valence-electron chi connectivity index (χ1n) is 8.46. The third kappa shape index (κ3) is 4.52. The molecule has 7 heteroatoms. The molecule has 3 aromatic carbocycles. The second-order valence-corrected chi connectivity index (χ2v) is 8.74. The molecule has 0 heterocycles. The molecule has 0 unspecified atom stereocenters. The molecule has 0 aliphatic heterocycles. The largest absolute Gasteiger partial charge is 0.320 e. The molecular weight excluding hydrogens is 396 g/mol. The molecule has 0 bridgehead atoms. The van der Waals surface area contributed by atoms with E-state index in [9.17, 15) is 13.2 Å². The summed E-state index contributed by atoms with van der Waals surface area (Å²) in [5.74, 6) is -0.379. The molecule has 0 aromatic heterocycles. The van der Waals surface area contributed by atoms with E-state index in [4.69, 9.17) is 11.6 Å². The van der Waals surface area contributed by atoms with Crippen molar-refractivity contribution in [3.05, 3.63) is 83.4 Å². The lowest BCUT2D eigenvalue weighted by molar-refractivity contribution is 0.102. The van der Waals surface area contributed by atoms with Crippen LogP contribution in [0.1, 0.15) is 10.4 Å². The number of carbonyl (C=O) groups is 1. The first-order chi connectivity index (χ1) is 13.3. The Bertz CT molecular complexity index is 1120. The fourth-order valence-electron chi connectivity index (χ4n) is 2.72. The van der Waals surface area contributed by atoms with Gasteiger partial charge in [-0.15, -0.1) is 0 Å². The maximum absolute atomic E-state index is 12.7. The van der Waals surface area contributed by atoms with Crippen LogP contribution in [0.3, 0.4) is 0 Å². The van der Waals surface area contributed by atoms with Crippen LogP contribution in [-0.4, -0.2) is 27.6 Å². The van der Waals surface area contributed by atoms with Crippen molar-refractivity contribution < 1.29 is 13.2 Å². The summed E-state index contributed by atoms with van der Waals surface area (Å²) in [5.41, 5.74) is 2.95. The molecule has 144 valence electrons. The average molecular weight is 415 g/mol. The third-order valence-electron chi connectivity index (χ3n) is 4.28. The van der Waals surface area contributed by atoms with Crippen LogP contribution in [0.15, 0.2) is 72.8 Å². The second-order valence-electron chi connectivity index (χ2n) is 6.29. The van der Waals surface area contributed by atoms with Gasteiger partial charge < -0.3 is 5.32 Å². The lowest BCUT2D eigenvalue weighted by atomic mass is 10.0. The minimum Gasteiger partial charge on any atom is -0.320 e. The topological polar surface area (TPSA) is 66.5 Å². The van der Waals surface area contributed by atoms with E-state index in [1.807, 2.05) is 36.4 Å². The Balaban J connectivity index is 2.05. The number of benzene rings is 3. The van der Waals surface area contributed by atoms with E-state index < -0.39 is 10.0 Å². The Kier molecular flexibility index (Phi) is 5.72. The molecule has 5 nitrogen and oxygen atoms in total. The third-order valence-corrected chi connectivity index (χ3v) is 5.70. The first-order valence-corrected chi connectivity index (χ1v) is 10.7. The van der Waals surface area contributed by atoms with Gasteiger partial charge in [0.1, 0.15) is 0 Å². The van der Waals surface area contributed by atoms with Crippen molar-refractivity contribution >= 4 is 38.9 Å². The van der Waals surface area contributed by atoms with E-state index in [1.165, 1.54) is 7.05 Å². The number of carbonyl (C=O) groups excluding carboxylic acids is 1. The highest BCUT2D eigenvalue weighted by atomic mass is 35.5. The molecule has 0 saturated carbocycles. The zero-order chi connectivity index (χ0) is 20.3. The SMILES string of the molecule is CN(c1ccc(-c2ccccc2)cc1NC(=O)c1cccc(Cl)c1)S(C)(=O)=O. The zero-order valence-electron chi connectivity index (χ0n) is 15.4. The number of hydrogen-bond donors (Lipinski definition) is 1. The number of sulfonamides is 1. The van der Waals surface area contributed by atoms with Gasteiger partial charge in [0.2, 0.25) is 10.0 Å². The maximum atomic E-state index is 12.7. The molecule has 0 fully saturated rings. The van der Waals surface area contributed by atoms with Gasteiger partial charge in [0.25, 0.3) is 5.91 Å². The zero-order valence-corrected chi connectivity index (χ0v) is 17.0. The van der Waals surface area contributed by atoms with Gasteiger partial charge in [0, 0.05) is 17.6 Å². The van der Waals surface area contributed by atoms with Gasteiger partial charge in [-0.1, -0.05) is 54.1 Å². The molecule has 0 radical (unpaired) electrons. The van der Waals surface area contributed by atoms with E-state index in [-0.39, 0.29) is 5.91 Å². The van der Waals surface area contributed by atoms with E-state index >= 15 is 0 Å². The van der Waals surface area contributed by atoms with Gasteiger partial charge in [-0.05, 0) is 41.5 Å². The first kappa shape index (κ1) is 19.9. The van der Waals surface area contributed by atoms with E-state index in [0.717, 1.165) is 21.7 Å². The Morgan fingerprint density at radius 3 is 2.29 bits per heavy atom. The summed E-state index contributed by atoms with van der Waals surface area (Å²) >= 11 is 5.97. The van der Waals surface area contributed by atoms with Crippen LogP contribution in [0, 0.1) is 0 Å². The Morgan fingerprint density at radius 2 is 1.64 bits per heavy atom. The van der Waals surface area contributed by atoms with Crippen molar-refractivity contribution in [3.63, 3.8) is 0 Å². The van der Waals surface area contributed by atoms with Gasteiger partial charge in [-0.25, -0.2) is 8.42 Å². The molecule has 0 atom stereocenters. The Labute approximate surface area is 169 Å². The highest BCUT2D eigenvalue weighted by Crippen LogP contribution is 2.32. The molecule has 1 N–H and O–H groups in total. The summed E-state index contributed by atoms with van der Waals surface area (Å²) in [6.07, 6.45) is 1.11. The highest BCUT2D eigenvalue weighted by Gasteiger charge is 2.18. The Morgan fingerprint density at radius 1 is 0.929 bits per heavy atom.